The quantitative estimate of drug-likeness (QED) is 0.829. The standard InChI is InChI=1S/C19H21N3O2S/c23-14(21-17-15-10-5-6-11(9-10)16(15)17)7-8-22-18(24)12-3-1-2-4-13(12)20-19(22)25/h1-4,10-11,15-17H,5-9H2,(H,20,25)(H,21,23)/t10-,11-,15+,16+/m0/s1. The molecule has 130 valence electrons. The molecule has 2 bridgehead atoms. The number of H-pyrrole nitrogens is 1. The van der Waals surface area contributed by atoms with E-state index in [1.165, 1.54) is 23.8 Å². The van der Waals surface area contributed by atoms with Crippen LogP contribution in [0.5, 0.6) is 0 Å². The predicted octanol–water partition coefficient (Wildman–Crippen LogP) is 2.61. The van der Waals surface area contributed by atoms with Gasteiger partial charge in [-0.15, -0.1) is 0 Å². The number of carbonyl (C=O) groups is 1. The van der Waals surface area contributed by atoms with Gasteiger partial charge in [0, 0.05) is 19.0 Å². The number of amides is 1. The van der Waals surface area contributed by atoms with E-state index in [-0.39, 0.29) is 11.5 Å². The van der Waals surface area contributed by atoms with Crippen molar-refractivity contribution in [1.82, 2.24) is 14.9 Å². The molecular formula is C19H21N3O2S. The molecule has 3 aliphatic rings. The van der Waals surface area contributed by atoms with Crippen LogP contribution in [-0.2, 0) is 11.3 Å². The van der Waals surface area contributed by atoms with Gasteiger partial charge in [0.05, 0.1) is 10.9 Å². The third-order valence-corrected chi connectivity index (χ3v) is 6.84. The number of benzene rings is 1. The van der Waals surface area contributed by atoms with Gasteiger partial charge in [0.2, 0.25) is 5.91 Å². The maximum Gasteiger partial charge on any atom is 0.262 e. The van der Waals surface area contributed by atoms with Crippen LogP contribution >= 0.6 is 12.2 Å². The van der Waals surface area contributed by atoms with E-state index >= 15 is 0 Å². The predicted molar refractivity (Wildman–Crippen MR) is 97.8 cm³/mol. The van der Waals surface area contributed by atoms with E-state index in [4.69, 9.17) is 12.2 Å². The molecule has 1 amide bonds. The fourth-order valence-electron chi connectivity index (χ4n) is 5.39. The van der Waals surface area contributed by atoms with Crippen molar-refractivity contribution in [3.8, 4) is 0 Å². The molecule has 3 aliphatic carbocycles. The molecule has 5 rings (SSSR count). The highest BCUT2D eigenvalue weighted by molar-refractivity contribution is 7.71. The topological polar surface area (TPSA) is 66.9 Å². The monoisotopic (exact) mass is 355 g/mol. The lowest BCUT2D eigenvalue weighted by molar-refractivity contribution is -0.121. The summed E-state index contributed by atoms with van der Waals surface area (Å²) >= 11 is 5.30. The molecule has 6 heteroatoms. The van der Waals surface area contributed by atoms with Crippen LogP contribution in [0, 0.1) is 28.4 Å². The van der Waals surface area contributed by atoms with Gasteiger partial charge in [-0.05, 0) is 67.3 Å². The minimum absolute atomic E-state index is 0.0354. The number of aromatic amines is 1. The van der Waals surface area contributed by atoms with Crippen molar-refractivity contribution in [2.24, 2.45) is 23.7 Å². The van der Waals surface area contributed by atoms with Crippen molar-refractivity contribution < 1.29 is 4.79 Å². The van der Waals surface area contributed by atoms with Crippen molar-refractivity contribution in [2.75, 3.05) is 0 Å². The summed E-state index contributed by atoms with van der Waals surface area (Å²) in [7, 11) is 0. The zero-order valence-electron chi connectivity index (χ0n) is 13.9. The lowest BCUT2D eigenvalue weighted by Gasteiger charge is -2.11. The summed E-state index contributed by atoms with van der Waals surface area (Å²) in [6.07, 6.45) is 4.37. The van der Waals surface area contributed by atoms with E-state index in [9.17, 15) is 9.59 Å². The Morgan fingerprint density at radius 1 is 1.24 bits per heavy atom. The molecule has 3 fully saturated rings. The fourth-order valence-corrected chi connectivity index (χ4v) is 5.68. The van der Waals surface area contributed by atoms with Crippen molar-refractivity contribution in [2.45, 2.75) is 38.3 Å². The summed E-state index contributed by atoms with van der Waals surface area (Å²) in [6, 6.07) is 7.70. The molecule has 1 aromatic carbocycles. The van der Waals surface area contributed by atoms with Gasteiger partial charge >= 0.3 is 0 Å². The van der Waals surface area contributed by atoms with Crippen LogP contribution in [0.4, 0.5) is 0 Å². The maximum absolute atomic E-state index is 12.6. The molecule has 1 heterocycles. The second-order valence-corrected chi connectivity index (χ2v) is 8.15. The van der Waals surface area contributed by atoms with Gasteiger partial charge in [-0.3, -0.25) is 14.2 Å². The summed E-state index contributed by atoms with van der Waals surface area (Å²) < 4.78 is 1.87. The summed E-state index contributed by atoms with van der Waals surface area (Å²) in [5, 5.41) is 3.81. The Bertz CT molecular complexity index is 963. The van der Waals surface area contributed by atoms with Gasteiger partial charge < -0.3 is 10.3 Å². The van der Waals surface area contributed by atoms with Crippen molar-refractivity contribution in [1.29, 1.82) is 0 Å². The summed E-state index contributed by atoms with van der Waals surface area (Å²) in [6.45, 7) is 0.319. The molecular weight excluding hydrogens is 334 g/mol. The van der Waals surface area contributed by atoms with Crippen LogP contribution in [0.25, 0.3) is 10.9 Å². The molecule has 25 heavy (non-hydrogen) atoms. The largest absolute Gasteiger partial charge is 0.353 e. The van der Waals surface area contributed by atoms with E-state index in [1.807, 2.05) is 18.2 Å². The van der Waals surface area contributed by atoms with Gasteiger partial charge in [-0.2, -0.15) is 0 Å². The number of hydrogen-bond acceptors (Lipinski definition) is 3. The van der Waals surface area contributed by atoms with Crippen LogP contribution in [0.3, 0.4) is 0 Å². The number of aromatic nitrogens is 2. The molecule has 0 unspecified atom stereocenters. The number of rotatable bonds is 4. The zero-order chi connectivity index (χ0) is 17.1. The average molecular weight is 355 g/mol. The third kappa shape index (κ3) is 2.38. The highest BCUT2D eigenvalue weighted by Crippen LogP contribution is 2.65. The van der Waals surface area contributed by atoms with Crippen LogP contribution in [0.2, 0.25) is 0 Å². The Balaban J connectivity index is 1.27. The van der Waals surface area contributed by atoms with Gasteiger partial charge in [0.1, 0.15) is 0 Å². The number of carbonyl (C=O) groups excluding carboxylic acids is 1. The number of nitrogens with zero attached hydrogens (tertiary/aromatic N) is 1. The van der Waals surface area contributed by atoms with Gasteiger partial charge in [-0.25, -0.2) is 0 Å². The fraction of sp³-hybridized carbons (Fsp3) is 0.526. The lowest BCUT2D eigenvalue weighted by atomic mass is 10.0. The second kappa shape index (κ2) is 5.53. The molecule has 5 nitrogen and oxygen atoms in total. The third-order valence-electron chi connectivity index (χ3n) is 6.51. The Kier molecular flexibility index (Phi) is 3.39. The van der Waals surface area contributed by atoms with Crippen LogP contribution in [0.1, 0.15) is 25.7 Å². The first-order valence-electron chi connectivity index (χ1n) is 9.15. The Hall–Kier alpha value is -1.95. The van der Waals surface area contributed by atoms with Crippen LogP contribution in [-0.4, -0.2) is 21.5 Å². The van der Waals surface area contributed by atoms with E-state index in [0.29, 0.717) is 29.2 Å². The summed E-state index contributed by atoms with van der Waals surface area (Å²) in [4.78, 5) is 28.0. The number of para-hydroxylation sites is 1. The van der Waals surface area contributed by atoms with Crippen molar-refractivity contribution in [3.63, 3.8) is 0 Å². The first kappa shape index (κ1) is 15.3. The Labute approximate surface area is 150 Å². The summed E-state index contributed by atoms with van der Waals surface area (Å²) in [5.74, 6) is 3.19. The average Bonchev–Trinajstić information content (AvgIpc) is 2.98. The smallest absolute Gasteiger partial charge is 0.262 e. The van der Waals surface area contributed by atoms with E-state index in [0.717, 1.165) is 29.2 Å². The summed E-state index contributed by atoms with van der Waals surface area (Å²) in [5.41, 5.74) is 0.605. The minimum atomic E-state index is -0.131. The van der Waals surface area contributed by atoms with E-state index < -0.39 is 0 Å². The second-order valence-electron chi connectivity index (χ2n) is 7.76. The molecule has 4 atom stereocenters. The van der Waals surface area contributed by atoms with Crippen LogP contribution < -0.4 is 10.9 Å². The molecule has 0 saturated heterocycles. The highest BCUT2D eigenvalue weighted by atomic mass is 32.1. The number of nitrogens with one attached hydrogen (secondary N) is 2. The van der Waals surface area contributed by atoms with Crippen molar-refractivity contribution >= 4 is 29.0 Å². The number of fused-ring (bicyclic) bond motifs is 6. The minimum Gasteiger partial charge on any atom is -0.353 e. The SMILES string of the molecule is O=C(CCn1c(=S)[nH]c2ccccc2c1=O)NC1[C@@H]2[C@H]3CC[C@@H](C3)[C@@H]12. The van der Waals surface area contributed by atoms with E-state index in [2.05, 4.69) is 10.3 Å². The highest BCUT2D eigenvalue weighted by Gasteiger charge is 2.65. The number of hydrogen-bond donors (Lipinski definition) is 2. The lowest BCUT2D eigenvalue weighted by Crippen LogP contribution is -2.32. The van der Waals surface area contributed by atoms with Gasteiger partial charge in [0.25, 0.3) is 5.56 Å². The first-order valence-corrected chi connectivity index (χ1v) is 9.55. The molecule has 0 radical (unpaired) electrons. The molecule has 1 aromatic heterocycles. The normalized spacial score (nSPS) is 31.9. The van der Waals surface area contributed by atoms with Crippen molar-refractivity contribution in [3.05, 3.63) is 39.4 Å². The van der Waals surface area contributed by atoms with Crippen LogP contribution in [0.15, 0.2) is 29.1 Å². The Morgan fingerprint density at radius 3 is 2.72 bits per heavy atom. The first-order chi connectivity index (χ1) is 12.1. The van der Waals surface area contributed by atoms with Gasteiger partial charge in [0.15, 0.2) is 4.77 Å². The molecule has 3 saturated carbocycles. The van der Waals surface area contributed by atoms with E-state index in [1.54, 1.807) is 6.07 Å². The zero-order valence-corrected chi connectivity index (χ0v) is 14.7. The molecule has 0 spiro atoms. The molecule has 2 N–H and O–H groups in total. The van der Waals surface area contributed by atoms with Gasteiger partial charge in [-0.1, -0.05) is 12.1 Å². The molecule has 2 aromatic rings. The maximum atomic E-state index is 12.6. The Morgan fingerprint density at radius 2 is 1.96 bits per heavy atom. The molecule has 0 aliphatic heterocycles.